The fraction of sp³-hybridized carbons (Fsp3) is 0.636. The molecule has 0 spiro atoms. The molecule has 0 bridgehead atoms. The van der Waals surface area contributed by atoms with Gasteiger partial charge >= 0.3 is 11.9 Å². The zero-order valence-electron chi connectivity index (χ0n) is 57.5. The van der Waals surface area contributed by atoms with Gasteiger partial charge in [0.25, 0.3) is 10.1 Å². The molecular weight excluding hydrogens is 1360 g/mol. The highest BCUT2D eigenvalue weighted by atomic mass is 35.5. The quantitative estimate of drug-likeness (QED) is 0.0254. The number of nitrogens with zero attached hydrogens (tertiary/aromatic N) is 1. The monoisotopic (exact) mass is 1450 g/mol. The topological polar surface area (TPSA) is 472 Å². The van der Waals surface area contributed by atoms with Crippen LogP contribution in [0, 0.1) is 23.2 Å². The van der Waals surface area contributed by atoms with Crippen LogP contribution in [0.1, 0.15) is 123 Å². The third kappa shape index (κ3) is 26.8. The number of carboxylic acid groups (broad SMARTS) is 1. The van der Waals surface area contributed by atoms with Gasteiger partial charge in [-0.2, -0.15) is 8.42 Å². The van der Waals surface area contributed by atoms with Gasteiger partial charge in [0.15, 0.2) is 18.7 Å². The number of aliphatic hydroxyl groups is 4. The number of hydrogen-bond acceptors (Lipinski definition) is 22. The molecule has 2 fully saturated rings. The summed E-state index contributed by atoms with van der Waals surface area (Å²) in [6.07, 6.45) is -11.6. The van der Waals surface area contributed by atoms with Crippen molar-refractivity contribution in [1.29, 1.82) is 0 Å². The summed E-state index contributed by atoms with van der Waals surface area (Å²) in [5.41, 5.74) is 0.608. The molecule has 0 aromatic heterocycles. The van der Waals surface area contributed by atoms with Gasteiger partial charge in [-0.15, -0.1) is 0 Å². The molecule has 2 saturated heterocycles. The van der Waals surface area contributed by atoms with Crippen LogP contribution < -0.4 is 42.0 Å². The van der Waals surface area contributed by atoms with E-state index in [0.29, 0.717) is 21.9 Å². The minimum absolute atomic E-state index is 0.0298. The number of aliphatic hydroxyl groups excluding tert-OH is 4. The molecule has 0 saturated carbocycles. The minimum atomic E-state index is -4.38. The smallest absolute Gasteiger partial charge is 0.313 e. The Hall–Kier alpha value is -7.44. The van der Waals surface area contributed by atoms with Crippen molar-refractivity contribution in [2.24, 2.45) is 23.2 Å². The molecule has 34 heteroatoms. The number of esters is 1. The second-order valence-corrected chi connectivity index (χ2v) is 28.3. The van der Waals surface area contributed by atoms with Crippen LogP contribution in [0.25, 0.3) is 0 Å². The van der Waals surface area contributed by atoms with E-state index in [1.807, 2.05) is 20.8 Å². The average molecular weight is 1450 g/mol. The van der Waals surface area contributed by atoms with Crippen molar-refractivity contribution in [3.8, 4) is 5.75 Å². The molecular formula is C66H97ClN8O24S. The van der Waals surface area contributed by atoms with Gasteiger partial charge in [-0.05, 0) is 79.8 Å². The van der Waals surface area contributed by atoms with E-state index in [0.717, 1.165) is 10.5 Å². The van der Waals surface area contributed by atoms with Gasteiger partial charge in [0.1, 0.15) is 54.4 Å². The van der Waals surface area contributed by atoms with Gasteiger partial charge in [0.05, 0.1) is 41.9 Å². The van der Waals surface area contributed by atoms with Crippen molar-refractivity contribution in [1.82, 2.24) is 42.1 Å². The summed E-state index contributed by atoms with van der Waals surface area (Å²) in [5, 5.41) is 70.8. The van der Waals surface area contributed by atoms with E-state index in [1.165, 1.54) is 20.3 Å². The number of benzene rings is 2. The number of epoxide rings is 1. The van der Waals surface area contributed by atoms with Crippen LogP contribution in [0.5, 0.6) is 5.75 Å². The first-order valence-corrected chi connectivity index (χ1v) is 34.9. The normalized spacial score (nSPS) is 24.8. The number of carboxylic acids is 1. The van der Waals surface area contributed by atoms with E-state index < -0.39 is 211 Å². The number of methoxy groups -OCH3 is 2. The van der Waals surface area contributed by atoms with Crippen LogP contribution in [-0.2, 0) is 94.7 Å². The fourth-order valence-electron chi connectivity index (χ4n) is 10.9. The fourth-order valence-corrected chi connectivity index (χ4v) is 11.5. The number of rotatable bonds is 33. The Morgan fingerprint density at radius 3 is 2.08 bits per heavy atom. The maximum atomic E-state index is 14.2. The molecule has 14 atom stereocenters. The lowest BCUT2D eigenvalue weighted by molar-refractivity contribution is -0.288. The van der Waals surface area contributed by atoms with Crippen molar-refractivity contribution in [2.45, 2.75) is 192 Å². The van der Waals surface area contributed by atoms with Gasteiger partial charge in [0, 0.05) is 84.4 Å². The molecule has 8 amide bonds. The summed E-state index contributed by atoms with van der Waals surface area (Å²) in [7, 11) is -1.71. The van der Waals surface area contributed by atoms with E-state index in [4.69, 9.17) is 44.6 Å². The Labute approximate surface area is 585 Å². The summed E-state index contributed by atoms with van der Waals surface area (Å²) in [5.74, 6) is -9.23. The highest BCUT2D eigenvalue weighted by Gasteiger charge is 2.48. The summed E-state index contributed by atoms with van der Waals surface area (Å²) in [6, 6.07) is 8.07. The Bertz CT molecular complexity index is 3290. The summed E-state index contributed by atoms with van der Waals surface area (Å²) in [4.78, 5) is 134. The van der Waals surface area contributed by atoms with Crippen molar-refractivity contribution >= 4 is 80.9 Å². The zero-order valence-corrected chi connectivity index (χ0v) is 59.1. The van der Waals surface area contributed by atoms with Gasteiger partial charge < -0.3 is 96.1 Å². The largest absolute Gasteiger partial charge is 0.495 e. The number of carbonyl (C=O) groups excluding carboxylic acids is 9. The molecule has 5 rings (SSSR count). The van der Waals surface area contributed by atoms with Crippen LogP contribution in [0.2, 0.25) is 5.02 Å². The number of carbonyl (C=O) groups is 10. The molecule has 3 heterocycles. The summed E-state index contributed by atoms with van der Waals surface area (Å²) in [6.45, 7) is 10.1. The van der Waals surface area contributed by atoms with E-state index in [-0.39, 0.29) is 64.3 Å². The third-order valence-corrected chi connectivity index (χ3v) is 18.0. The second-order valence-electron chi connectivity index (χ2n) is 26.3. The van der Waals surface area contributed by atoms with Crippen molar-refractivity contribution in [3.63, 3.8) is 0 Å². The van der Waals surface area contributed by atoms with Crippen LogP contribution in [0.4, 0.5) is 0 Å². The predicted octanol–water partition coefficient (Wildman–Crippen LogP) is -0.0143. The number of hydrogen-bond donors (Lipinski definition) is 13. The Morgan fingerprint density at radius 2 is 1.45 bits per heavy atom. The highest BCUT2D eigenvalue weighted by Crippen LogP contribution is 2.45. The molecule has 13 N–H and O–H groups in total. The third-order valence-electron chi connectivity index (χ3n) is 16.9. The first-order valence-electron chi connectivity index (χ1n) is 32.9. The molecule has 3 aliphatic heterocycles. The van der Waals surface area contributed by atoms with Crippen LogP contribution in [0.15, 0.2) is 54.6 Å². The molecule has 32 nitrogen and oxygen atoms in total. The Kier molecular flexibility index (Phi) is 32.5. The molecule has 0 aliphatic carbocycles. The van der Waals surface area contributed by atoms with Crippen LogP contribution in [0.3, 0.4) is 0 Å². The molecule has 2 aromatic rings. The first-order chi connectivity index (χ1) is 47.0. The molecule has 0 radical (unpaired) electrons. The predicted molar refractivity (Wildman–Crippen MR) is 356 cm³/mol. The van der Waals surface area contributed by atoms with Gasteiger partial charge in [-0.1, -0.05) is 82.6 Å². The Balaban J connectivity index is 1.29. The maximum absolute atomic E-state index is 14.2. The standard InChI is InChI=1S/C66H97ClN8O24S/c1-35(2)29-46-63(89)96-44(11-10-12-50(78)72-43(31-39-15-19-45(94-8)41(67)30-39)61(87)71-34-66(6,7)65(90)98-46)37(5)58-59(99-58)40-16-13-38(14-17-40)32-70-60(86)42(18-20-49(77)69-33-47-55(83)56(84)57(85)64(95-9)97-47)73-62(88)54(36(3)4)74-51(79)23-26-75(27-24-53(81)82)52(80)22-21-48(76)68-25-28-100(91,92)93/h10,12-17,19,30,35-37,42-44,46-47,54-59,63-64,83-85,89H,11,18,20-29,31-34H2,1-9H3,(H,68,76)(H,69,77)(H,70,86)(H,71,87)(H,72,78)(H,73,88)(H,74,79)(H,81,82)(H,91,92,93)/b12-10+/t37-,42-,43+,44-,46-,47+,54-,55+,56-,57+,58+,59+,63?,64+/m0/s1. The zero-order chi connectivity index (χ0) is 74.3. The SMILES string of the molecule is COc1ccc(C[C@H]2NC(=O)/C=C/C[C@@H]([C@H](C)[C@H]3O[C@@H]3c3ccc(CNC(=O)[C@H](CCC(=O)NC[C@H]4O[C@@H](OC)[C@H](O)[C@@H](O)[C@@H]4O)NC(=O)[C@@H](NC(=O)CCN(CCC(=O)O)C(=O)CCC(=O)NCCS(=O)(=O)O)C(C)C)cc3)OC(O)[C@H](CC(C)C)OC(=O)C(C)(C)CNC2=O)cc1Cl. The van der Waals surface area contributed by atoms with Crippen LogP contribution in [-0.4, -0.2) is 229 Å². The number of ether oxygens (including phenoxy) is 6. The van der Waals surface area contributed by atoms with E-state index in [2.05, 4.69) is 37.2 Å². The van der Waals surface area contributed by atoms with Gasteiger partial charge in [0.2, 0.25) is 47.3 Å². The number of cyclic esters (lactones) is 1. The maximum Gasteiger partial charge on any atom is 0.313 e. The number of amides is 8. The molecule has 2 aromatic carbocycles. The van der Waals surface area contributed by atoms with E-state index in [9.17, 15) is 81.9 Å². The van der Waals surface area contributed by atoms with Crippen molar-refractivity contribution < 1.29 is 115 Å². The second kappa shape index (κ2) is 39.1. The van der Waals surface area contributed by atoms with Crippen LogP contribution >= 0.6 is 11.6 Å². The number of halogens is 1. The lowest BCUT2D eigenvalue weighted by Crippen LogP contribution is -2.60. The molecule has 558 valence electrons. The lowest BCUT2D eigenvalue weighted by Gasteiger charge is -2.39. The Morgan fingerprint density at radius 1 is 0.780 bits per heavy atom. The number of nitrogens with one attached hydrogen (secondary N) is 7. The lowest BCUT2D eigenvalue weighted by atomic mass is 9.92. The molecule has 100 heavy (non-hydrogen) atoms. The van der Waals surface area contributed by atoms with Gasteiger partial charge in [-0.25, -0.2) is 0 Å². The first kappa shape index (κ1) is 83.2. The van der Waals surface area contributed by atoms with E-state index in [1.54, 1.807) is 76.2 Å². The number of aliphatic carboxylic acids is 1. The summed E-state index contributed by atoms with van der Waals surface area (Å²) >= 11 is 6.40. The molecule has 3 aliphatic rings. The van der Waals surface area contributed by atoms with Crippen molar-refractivity contribution in [3.05, 3.63) is 76.3 Å². The van der Waals surface area contributed by atoms with Gasteiger partial charge in [-0.3, -0.25) is 52.5 Å². The van der Waals surface area contributed by atoms with E-state index >= 15 is 0 Å². The average Bonchev–Trinajstić information content (AvgIpc) is 1.63. The molecule has 1 unspecified atom stereocenters. The highest BCUT2D eigenvalue weighted by molar-refractivity contribution is 7.85. The summed E-state index contributed by atoms with van der Waals surface area (Å²) < 4.78 is 65.3. The van der Waals surface area contributed by atoms with Crippen molar-refractivity contribution in [2.75, 3.05) is 52.7 Å². The minimum Gasteiger partial charge on any atom is -0.495 e.